The Bertz CT molecular complexity index is 614. The van der Waals surface area contributed by atoms with Crippen LogP contribution >= 0.6 is 0 Å². The minimum Gasteiger partial charge on any atom is -0.463 e. The van der Waals surface area contributed by atoms with Gasteiger partial charge in [-0.15, -0.1) is 0 Å². The standard InChI is InChI=1S/C15H19N3O3/c1-18(14(19)20-2)12-5-3-4-10-6-7-15(8-11(10)12)9-21-13(16)17-15/h3-5H,6-9H2,1-2H3,(H2,16,17). The first-order chi connectivity index (χ1) is 10.0. The number of aryl methyl sites for hydroxylation is 1. The van der Waals surface area contributed by atoms with E-state index in [0.29, 0.717) is 6.61 Å². The van der Waals surface area contributed by atoms with Gasteiger partial charge < -0.3 is 15.2 Å². The number of amides is 1. The average molecular weight is 289 g/mol. The van der Waals surface area contributed by atoms with Gasteiger partial charge in [-0.2, -0.15) is 0 Å². The first kappa shape index (κ1) is 13.7. The molecule has 1 amide bonds. The van der Waals surface area contributed by atoms with Crippen molar-refractivity contribution in [3.8, 4) is 0 Å². The normalized spacial score (nSPS) is 23.2. The fourth-order valence-electron chi connectivity index (χ4n) is 3.12. The highest BCUT2D eigenvalue weighted by Crippen LogP contribution is 2.38. The molecule has 1 spiro atoms. The molecular formula is C15H19N3O3. The number of fused-ring (bicyclic) bond motifs is 1. The molecule has 3 rings (SSSR count). The summed E-state index contributed by atoms with van der Waals surface area (Å²) in [7, 11) is 3.09. The summed E-state index contributed by atoms with van der Waals surface area (Å²) in [6.45, 7) is 0.508. The van der Waals surface area contributed by atoms with Gasteiger partial charge in [0.05, 0.1) is 12.8 Å². The summed E-state index contributed by atoms with van der Waals surface area (Å²) in [5.74, 6) is 0. The molecule has 6 nitrogen and oxygen atoms in total. The van der Waals surface area contributed by atoms with E-state index in [1.165, 1.54) is 17.6 Å². The molecule has 1 heterocycles. The van der Waals surface area contributed by atoms with Crippen LogP contribution in [0.5, 0.6) is 0 Å². The van der Waals surface area contributed by atoms with Crippen molar-refractivity contribution in [2.45, 2.75) is 24.8 Å². The maximum absolute atomic E-state index is 11.8. The third-order valence-electron chi connectivity index (χ3n) is 4.26. The van der Waals surface area contributed by atoms with Crippen molar-refractivity contribution in [3.63, 3.8) is 0 Å². The van der Waals surface area contributed by atoms with Crippen LogP contribution in [0, 0.1) is 0 Å². The van der Waals surface area contributed by atoms with Crippen molar-refractivity contribution in [1.29, 1.82) is 0 Å². The Morgan fingerprint density at radius 3 is 3.00 bits per heavy atom. The van der Waals surface area contributed by atoms with E-state index < -0.39 is 0 Å². The lowest BCUT2D eigenvalue weighted by Crippen LogP contribution is -2.37. The summed E-state index contributed by atoms with van der Waals surface area (Å²) in [5, 5.41) is 0. The number of anilines is 1. The number of hydrogen-bond donors (Lipinski definition) is 1. The lowest BCUT2D eigenvalue weighted by Gasteiger charge is -2.33. The number of carbonyl (C=O) groups is 1. The van der Waals surface area contributed by atoms with Gasteiger partial charge in [0.15, 0.2) is 0 Å². The lowest BCUT2D eigenvalue weighted by atomic mass is 9.78. The third kappa shape index (κ3) is 2.30. The number of amidine groups is 1. The van der Waals surface area contributed by atoms with Crippen molar-refractivity contribution < 1.29 is 14.3 Å². The quantitative estimate of drug-likeness (QED) is 0.849. The highest BCUT2D eigenvalue weighted by molar-refractivity contribution is 5.88. The number of nitrogens with two attached hydrogens (primary N) is 1. The molecule has 1 aromatic carbocycles. The highest BCUT2D eigenvalue weighted by Gasteiger charge is 2.40. The molecule has 1 aliphatic heterocycles. The topological polar surface area (TPSA) is 77.1 Å². The van der Waals surface area contributed by atoms with Crippen molar-refractivity contribution >= 4 is 17.8 Å². The van der Waals surface area contributed by atoms with E-state index in [-0.39, 0.29) is 17.7 Å². The Hall–Kier alpha value is -2.24. The summed E-state index contributed by atoms with van der Waals surface area (Å²) >= 11 is 0. The molecule has 2 N–H and O–H groups in total. The van der Waals surface area contributed by atoms with E-state index in [4.69, 9.17) is 15.2 Å². The molecule has 1 unspecified atom stereocenters. The Morgan fingerprint density at radius 1 is 1.52 bits per heavy atom. The van der Waals surface area contributed by atoms with Crippen LogP contribution in [0.25, 0.3) is 0 Å². The number of carbonyl (C=O) groups excluding carboxylic acids is 1. The van der Waals surface area contributed by atoms with Gasteiger partial charge >= 0.3 is 6.09 Å². The number of nitrogens with zero attached hydrogens (tertiary/aromatic N) is 2. The number of hydrogen-bond acceptors (Lipinski definition) is 5. The van der Waals surface area contributed by atoms with Crippen LogP contribution in [0.3, 0.4) is 0 Å². The smallest absolute Gasteiger partial charge is 0.413 e. The molecule has 0 bridgehead atoms. The Morgan fingerprint density at radius 2 is 2.33 bits per heavy atom. The van der Waals surface area contributed by atoms with Crippen LogP contribution in [0.4, 0.5) is 10.5 Å². The van der Waals surface area contributed by atoms with Gasteiger partial charge in [-0.3, -0.25) is 4.90 Å². The zero-order chi connectivity index (χ0) is 15.0. The monoisotopic (exact) mass is 289 g/mol. The van der Waals surface area contributed by atoms with E-state index in [2.05, 4.69) is 11.1 Å². The summed E-state index contributed by atoms with van der Waals surface area (Å²) in [6, 6.07) is 6.25. The van der Waals surface area contributed by atoms with Gasteiger partial charge in [0.25, 0.3) is 6.02 Å². The number of methoxy groups -OCH3 is 1. The Balaban J connectivity index is 1.98. The molecule has 21 heavy (non-hydrogen) atoms. The predicted octanol–water partition coefficient (Wildman–Crippen LogP) is 1.46. The van der Waals surface area contributed by atoms with E-state index in [9.17, 15) is 4.79 Å². The molecule has 0 saturated heterocycles. The van der Waals surface area contributed by atoms with Crippen LogP contribution in [0.2, 0.25) is 0 Å². The number of benzene rings is 1. The van der Waals surface area contributed by atoms with Crippen LogP contribution < -0.4 is 10.6 Å². The molecule has 0 saturated carbocycles. The second-order valence-corrected chi connectivity index (χ2v) is 5.58. The van der Waals surface area contributed by atoms with Gasteiger partial charge in [-0.25, -0.2) is 9.79 Å². The first-order valence-electron chi connectivity index (χ1n) is 6.95. The van der Waals surface area contributed by atoms with Crippen molar-refractivity contribution in [1.82, 2.24) is 0 Å². The van der Waals surface area contributed by atoms with Crippen LogP contribution in [-0.2, 0) is 22.3 Å². The van der Waals surface area contributed by atoms with Gasteiger partial charge in [0.1, 0.15) is 12.1 Å². The lowest BCUT2D eigenvalue weighted by molar-refractivity contribution is 0.180. The zero-order valence-corrected chi connectivity index (χ0v) is 12.3. The van der Waals surface area contributed by atoms with E-state index in [1.54, 1.807) is 7.05 Å². The molecule has 0 aromatic heterocycles. The predicted molar refractivity (Wildman–Crippen MR) is 79.6 cm³/mol. The van der Waals surface area contributed by atoms with E-state index in [1.807, 2.05) is 12.1 Å². The van der Waals surface area contributed by atoms with Crippen LogP contribution in [-0.4, -0.2) is 38.4 Å². The number of aliphatic imine (C=N–C) groups is 1. The van der Waals surface area contributed by atoms with Gasteiger partial charge in [0.2, 0.25) is 0 Å². The molecule has 0 radical (unpaired) electrons. The maximum Gasteiger partial charge on any atom is 0.413 e. The number of ether oxygens (including phenoxy) is 2. The maximum atomic E-state index is 11.8. The molecular weight excluding hydrogens is 270 g/mol. The summed E-state index contributed by atoms with van der Waals surface area (Å²) < 4.78 is 10.2. The van der Waals surface area contributed by atoms with Crippen molar-refractivity contribution in [2.24, 2.45) is 10.7 Å². The van der Waals surface area contributed by atoms with Gasteiger partial charge in [0, 0.05) is 13.5 Å². The second-order valence-electron chi connectivity index (χ2n) is 5.58. The Labute approximate surface area is 123 Å². The van der Waals surface area contributed by atoms with Crippen molar-refractivity contribution in [3.05, 3.63) is 29.3 Å². The van der Waals surface area contributed by atoms with Crippen molar-refractivity contribution in [2.75, 3.05) is 25.7 Å². The van der Waals surface area contributed by atoms with Crippen LogP contribution in [0.15, 0.2) is 23.2 Å². The van der Waals surface area contributed by atoms with Crippen LogP contribution in [0.1, 0.15) is 17.5 Å². The SMILES string of the molecule is COC(=O)N(C)c1cccc2c1CC1(CC2)COC(N)=N1. The molecule has 1 aromatic rings. The molecule has 0 fully saturated rings. The minimum absolute atomic E-state index is 0.261. The van der Waals surface area contributed by atoms with Gasteiger partial charge in [-0.1, -0.05) is 12.1 Å². The largest absolute Gasteiger partial charge is 0.463 e. The second kappa shape index (κ2) is 4.95. The third-order valence-corrected chi connectivity index (χ3v) is 4.26. The minimum atomic E-state index is -0.381. The fraction of sp³-hybridized carbons (Fsp3) is 0.467. The molecule has 112 valence electrons. The van der Waals surface area contributed by atoms with E-state index >= 15 is 0 Å². The Kier molecular flexibility index (Phi) is 3.23. The average Bonchev–Trinajstić information content (AvgIpc) is 2.85. The molecule has 6 heteroatoms. The summed E-state index contributed by atoms with van der Waals surface area (Å²) in [5.41, 5.74) is 8.61. The highest BCUT2D eigenvalue weighted by atomic mass is 16.5. The molecule has 2 aliphatic rings. The zero-order valence-electron chi connectivity index (χ0n) is 12.3. The van der Waals surface area contributed by atoms with E-state index in [0.717, 1.165) is 30.5 Å². The molecule has 1 atom stereocenters. The molecule has 1 aliphatic carbocycles. The fourth-order valence-corrected chi connectivity index (χ4v) is 3.12. The summed E-state index contributed by atoms with van der Waals surface area (Å²) in [4.78, 5) is 17.8. The number of rotatable bonds is 1. The van der Waals surface area contributed by atoms with Gasteiger partial charge in [-0.05, 0) is 30.0 Å². The first-order valence-corrected chi connectivity index (χ1v) is 6.95. The summed E-state index contributed by atoms with van der Waals surface area (Å²) in [6.07, 6.45) is 2.15.